The fraction of sp³-hybridized carbons (Fsp3) is 0.414. The monoisotopic (exact) mass is 570 g/mol. The van der Waals surface area contributed by atoms with Crippen LogP contribution in [0.4, 0.5) is 10.2 Å². The normalized spacial score (nSPS) is 14.2. The highest BCUT2D eigenvalue weighted by molar-refractivity contribution is 7.92. The Morgan fingerprint density at radius 2 is 1.80 bits per heavy atom. The maximum absolute atomic E-state index is 14.2. The Labute approximate surface area is 234 Å². The summed E-state index contributed by atoms with van der Waals surface area (Å²) in [5.74, 6) is -1.82. The van der Waals surface area contributed by atoms with E-state index in [4.69, 9.17) is 4.52 Å². The summed E-state index contributed by atoms with van der Waals surface area (Å²) in [7, 11) is -4.19. The van der Waals surface area contributed by atoms with Crippen molar-refractivity contribution in [1.29, 1.82) is 0 Å². The van der Waals surface area contributed by atoms with Crippen LogP contribution in [0.3, 0.4) is 0 Å². The number of sulfonamides is 1. The van der Waals surface area contributed by atoms with Crippen molar-refractivity contribution in [2.45, 2.75) is 76.9 Å². The van der Waals surface area contributed by atoms with Crippen LogP contribution in [0.25, 0.3) is 11.1 Å². The van der Waals surface area contributed by atoms with Crippen LogP contribution in [0, 0.1) is 18.7 Å². The molecule has 214 valence electrons. The molecule has 1 aliphatic carbocycles. The van der Waals surface area contributed by atoms with Crippen molar-refractivity contribution in [3.63, 3.8) is 0 Å². The lowest BCUT2D eigenvalue weighted by molar-refractivity contribution is -0.143. The van der Waals surface area contributed by atoms with Crippen LogP contribution in [0.5, 0.6) is 0 Å². The number of amides is 2. The zero-order valence-corrected chi connectivity index (χ0v) is 23.9. The molecule has 4 rings (SSSR count). The Hall–Kier alpha value is -3.73. The SMILES string of the molecule is CCCC(=O)N(Cc1ccc(-c2ccccc2S(=O)(=O)Nc2noc(C)c2F)cc1)[C@H](C(=O)NC1CC1)C(C)C. The molecule has 3 aromatic rings. The van der Waals surface area contributed by atoms with Gasteiger partial charge < -0.3 is 14.7 Å². The molecule has 9 nitrogen and oxygen atoms in total. The molecule has 0 radical (unpaired) electrons. The van der Waals surface area contributed by atoms with Crippen molar-refractivity contribution >= 4 is 27.7 Å². The van der Waals surface area contributed by atoms with Crippen LogP contribution in [-0.4, -0.2) is 42.4 Å². The number of aryl methyl sites for hydroxylation is 1. The van der Waals surface area contributed by atoms with Crippen LogP contribution >= 0.6 is 0 Å². The number of rotatable bonds is 12. The fourth-order valence-corrected chi connectivity index (χ4v) is 5.77. The van der Waals surface area contributed by atoms with E-state index in [1.165, 1.54) is 13.0 Å². The number of anilines is 1. The summed E-state index contributed by atoms with van der Waals surface area (Å²) in [5.41, 5.74) is 1.82. The second-order valence-corrected chi connectivity index (χ2v) is 12.1. The summed E-state index contributed by atoms with van der Waals surface area (Å²) in [5, 5.41) is 6.49. The Kier molecular flexibility index (Phi) is 8.92. The van der Waals surface area contributed by atoms with E-state index in [0.29, 0.717) is 24.0 Å². The molecule has 0 saturated heterocycles. The van der Waals surface area contributed by atoms with Gasteiger partial charge >= 0.3 is 0 Å². The molecule has 11 heteroatoms. The van der Waals surface area contributed by atoms with Crippen LogP contribution in [0.15, 0.2) is 57.9 Å². The van der Waals surface area contributed by atoms with E-state index in [1.54, 1.807) is 35.2 Å². The molecule has 2 N–H and O–H groups in total. The van der Waals surface area contributed by atoms with Gasteiger partial charge in [0, 0.05) is 24.6 Å². The van der Waals surface area contributed by atoms with E-state index >= 15 is 0 Å². The lowest BCUT2D eigenvalue weighted by atomic mass is 9.99. The van der Waals surface area contributed by atoms with Crippen molar-refractivity contribution < 1.29 is 26.9 Å². The molecular formula is C29H35FN4O5S. The second-order valence-electron chi connectivity index (χ2n) is 10.4. The molecule has 1 aromatic heterocycles. The number of benzene rings is 2. The quantitative estimate of drug-likeness (QED) is 0.315. The predicted molar refractivity (Wildman–Crippen MR) is 149 cm³/mol. The van der Waals surface area contributed by atoms with Gasteiger partial charge in [0.15, 0.2) is 5.76 Å². The van der Waals surface area contributed by atoms with Gasteiger partial charge in [0.05, 0.1) is 4.90 Å². The van der Waals surface area contributed by atoms with Crippen LogP contribution in [0.1, 0.15) is 57.8 Å². The number of nitrogens with zero attached hydrogens (tertiary/aromatic N) is 2. The summed E-state index contributed by atoms with van der Waals surface area (Å²) in [6.07, 6.45) is 2.92. The first kappa shape index (κ1) is 29.3. The minimum absolute atomic E-state index is 0.0563. The van der Waals surface area contributed by atoms with E-state index in [2.05, 4.69) is 15.2 Å². The van der Waals surface area contributed by atoms with E-state index in [0.717, 1.165) is 18.4 Å². The van der Waals surface area contributed by atoms with Gasteiger partial charge in [0.1, 0.15) is 6.04 Å². The van der Waals surface area contributed by atoms with Crippen molar-refractivity contribution in [2.75, 3.05) is 4.72 Å². The Balaban J connectivity index is 1.60. The number of carbonyl (C=O) groups is 2. The maximum Gasteiger partial charge on any atom is 0.263 e. The summed E-state index contributed by atoms with van der Waals surface area (Å²) >= 11 is 0. The molecule has 0 spiro atoms. The number of halogens is 1. The molecule has 1 saturated carbocycles. The topological polar surface area (TPSA) is 122 Å². The number of nitrogens with one attached hydrogen (secondary N) is 2. The first-order valence-electron chi connectivity index (χ1n) is 13.4. The van der Waals surface area contributed by atoms with Gasteiger partial charge in [-0.25, -0.2) is 8.42 Å². The molecule has 2 amide bonds. The van der Waals surface area contributed by atoms with Crippen molar-refractivity contribution in [1.82, 2.24) is 15.4 Å². The highest BCUT2D eigenvalue weighted by Gasteiger charge is 2.35. The average molecular weight is 571 g/mol. The van der Waals surface area contributed by atoms with Gasteiger partial charge in [-0.15, -0.1) is 0 Å². The number of aromatic nitrogens is 1. The molecule has 40 heavy (non-hydrogen) atoms. The molecule has 2 aromatic carbocycles. The van der Waals surface area contributed by atoms with E-state index in [-0.39, 0.29) is 41.0 Å². The van der Waals surface area contributed by atoms with Crippen LogP contribution < -0.4 is 10.0 Å². The zero-order chi connectivity index (χ0) is 29.0. The van der Waals surface area contributed by atoms with Gasteiger partial charge in [-0.05, 0) is 49.3 Å². The fourth-order valence-electron chi connectivity index (χ4n) is 4.55. The van der Waals surface area contributed by atoms with Gasteiger partial charge in [-0.3, -0.25) is 14.3 Å². The Morgan fingerprint density at radius 1 is 1.12 bits per heavy atom. The van der Waals surface area contributed by atoms with Gasteiger partial charge in [-0.1, -0.05) is 68.4 Å². The summed E-state index contributed by atoms with van der Waals surface area (Å²) in [6.45, 7) is 7.38. The summed E-state index contributed by atoms with van der Waals surface area (Å²) in [4.78, 5) is 27.8. The van der Waals surface area contributed by atoms with Gasteiger partial charge in [0.2, 0.25) is 23.4 Å². The smallest absolute Gasteiger partial charge is 0.263 e. The molecule has 1 fully saturated rings. The first-order chi connectivity index (χ1) is 19.0. The lowest BCUT2D eigenvalue weighted by Crippen LogP contribution is -2.52. The third-order valence-electron chi connectivity index (χ3n) is 6.76. The number of hydrogen-bond acceptors (Lipinski definition) is 6. The lowest BCUT2D eigenvalue weighted by Gasteiger charge is -2.34. The minimum atomic E-state index is -4.19. The van der Waals surface area contributed by atoms with Crippen LogP contribution in [0.2, 0.25) is 0 Å². The molecule has 0 unspecified atom stereocenters. The second kappa shape index (κ2) is 12.2. The predicted octanol–water partition coefficient (Wildman–Crippen LogP) is 5.02. The molecule has 1 aliphatic rings. The number of carbonyl (C=O) groups excluding carboxylic acids is 2. The molecule has 1 heterocycles. The standard InChI is InChI=1S/C29H35FN4O5S/c1-5-8-25(35)34(27(18(2)3)29(36)31-22-15-16-22)17-20-11-13-21(14-12-20)23-9-6-7-10-24(23)40(37,38)33-28-26(30)19(4)39-32-28/h6-7,9-14,18,22,27H,5,8,15-17H2,1-4H3,(H,31,36)(H,32,33)/t27-/m0/s1. The third kappa shape index (κ3) is 6.70. The van der Waals surface area contributed by atoms with E-state index < -0.39 is 27.7 Å². The maximum atomic E-state index is 14.2. The summed E-state index contributed by atoms with van der Waals surface area (Å²) in [6, 6.07) is 13.1. The van der Waals surface area contributed by atoms with Crippen molar-refractivity contribution in [3.8, 4) is 11.1 Å². The summed E-state index contributed by atoms with van der Waals surface area (Å²) < 4.78 is 47.4. The highest BCUT2D eigenvalue weighted by Crippen LogP contribution is 2.30. The van der Waals surface area contributed by atoms with Crippen LogP contribution in [-0.2, 0) is 26.2 Å². The Bertz CT molecular complexity index is 1470. The largest absolute Gasteiger partial charge is 0.356 e. The number of hydrogen-bond donors (Lipinski definition) is 2. The highest BCUT2D eigenvalue weighted by atomic mass is 32.2. The molecule has 1 atom stereocenters. The van der Waals surface area contributed by atoms with Crippen molar-refractivity contribution in [2.24, 2.45) is 5.92 Å². The minimum Gasteiger partial charge on any atom is -0.356 e. The van der Waals surface area contributed by atoms with Gasteiger partial charge in [-0.2, -0.15) is 4.39 Å². The van der Waals surface area contributed by atoms with E-state index in [1.807, 2.05) is 32.9 Å². The van der Waals surface area contributed by atoms with Gasteiger partial charge in [0.25, 0.3) is 10.0 Å². The molecule has 0 aliphatic heterocycles. The zero-order valence-electron chi connectivity index (χ0n) is 23.1. The average Bonchev–Trinajstić information content (AvgIpc) is 3.68. The molecular weight excluding hydrogens is 535 g/mol. The first-order valence-corrected chi connectivity index (χ1v) is 14.9. The van der Waals surface area contributed by atoms with Crippen molar-refractivity contribution in [3.05, 3.63) is 65.7 Å². The van der Waals surface area contributed by atoms with E-state index in [9.17, 15) is 22.4 Å². The Morgan fingerprint density at radius 3 is 2.38 bits per heavy atom. The third-order valence-corrected chi connectivity index (χ3v) is 8.16. The molecule has 0 bridgehead atoms.